The van der Waals surface area contributed by atoms with E-state index >= 15 is 0 Å². The molecule has 0 fully saturated rings. The van der Waals surface area contributed by atoms with Gasteiger partial charge in [-0.2, -0.15) is 0 Å². The summed E-state index contributed by atoms with van der Waals surface area (Å²) in [5, 5.41) is 15.8. The van der Waals surface area contributed by atoms with Crippen LogP contribution in [0.5, 0.6) is 0 Å². The second kappa shape index (κ2) is 6.70. The van der Waals surface area contributed by atoms with Gasteiger partial charge < -0.3 is 10.4 Å². The van der Waals surface area contributed by atoms with Crippen molar-refractivity contribution < 1.29 is 19.5 Å². The van der Waals surface area contributed by atoms with Crippen molar-refractivity contribution >= 4 is 28.2 Å². The highest BCUT2D eigenvalue weighted by atomic mass is 16.3. The predicted octanol–water partition coefficient (Wildman–Crippen LogP) is 3.93. The molecule has 0 aliphatic heterocycles. The molecule has 1 unspecified atom stereocenters. The number of aryl methyl sites for hydroxylation is 1. The number of Topliss-reactive ketones (excluding diaryl/α,β-unsaturated/α-hetero) is 2. The highest BCUT2D eigenvalue weighted by molar-refractivity contribution is 6.32. The monoisotopic (exact) mass is 433 g/mol. The van der Waals surface area contributed by atoms with E-state index < -0.39 is 29.1 Å². The van der Waals surface area contributed by atoms with Crippen molar-refractivity contribution in [2.75, 3.05) is 0 Å². The highest BCUT2D eigenvalue weighted by Gasteiger charge is 2.49. The van der Waals surface area contributed by atoms with Crippen molar-refractivity contribution in [3.8, 4) is 11.1 Å². The number of hydrogen-bond acceptors (Lipinski definition) is 4. The van der Waals surface area contributed by atoms with E-state index in [-0.39, 0.29) is 0 Å². The fourth-order valence-corrected chi connectivity index (χ4v) is 5.22. The molecular formula is C28H19NO4. The number of fused-ring (bicyclic) bond motifs is 3. The minimum absolute atomic E-state index is 0.398. The molecule has 1 atom stereocenters. The van der Waals surface area contributed by atoms with Crippen LogP contribution < -0.4 is 5.32 Å². The van der Waals surface area contributed by atoms with Crippen molar-refractivity contribution in [2.45, 2.75) is 18.6 Å². The average Bonchev–Trinajstić information content (AvgIpc) is 3.11. The lowest BCUT2D eigenvalue weighted by atomic mass is 9.82. The van der Waals surface area contributed by atoms with Crippen molar-refractivity contribution in [3.63, 3.8) is 0 Å². The summed E-state index contributed by atoms with van der Waals surface area (Å²) in [5.41, 5.74) is 2.11. The fourth-order valence-electron chi connectivity index (χ4n) is 5.22. The lowest BCUT2D eigenvalue weighted by Crippen LogP contribution is -2.54. The van der Waals surface area contributed by atoms with Crippen LogP contribution in [0.3, 0.4) is 0 Å². The zero-order valence-electron chi connectivity index (χ0n) is 17.8. The van der Waals surface area contributed by atoms with Crippen LogP contribution in [0.4, 0.5) is 0 Å². The van der Waals surface area contributed by atoms with E-state index in [4.69, 9.17) is 0 Å². The summed E-state index contributed by atoms with van der Waals surface area (Å²) in [6.45, 7) is 1.93. The second-order valence-electron chi connectivity index (χ2n) is 8.59. The first-order valence-electron chi connectivity index (χ1n) is 10.8. The maximum absolute atomic E-state index is 13.6. The first-order chi connectivity index (χ1) is 15.9. The van der Waals surface area contributed by atoms with Crippen LogP contribution in [0.15, 0.2) is 78.9 Å². The molecule has 0 spiro atoms. The fraction of sp³-hybridized carbons (Fsp3) is 0.107. The van der Waals surface area contributed by atoms with E-state index in [1.54, 1.807) is 42.5 Å². The molecule has 0 saturated heterocycles. The standard InChI is InChI=1S/C28H19NO4/c1-15-13-14-20-23-16(15)9-6-10-19(23)25(30)24(26(20)31)29-27(32)28(33)21-11-4-2-7-17(21)18-8-3-5-12-22(18)28/h2-14,24,33H,1H3,(H,29,32). The first kappa shape index (κ1) is 19.6. The Hall–Kier alpha value is -4.09. The zero-order valence-corrected chi connectivity index (χ0v) is 17.8. The number of amides is 1. The summed E-state index contributed by atoms with van der Waals surface area (Å²) < 4.78 is 0. The Morgan fingerprint density at radius 3 is 1.94 bits per heavy atom. The van der Waals surface area contributed by atoms with Crippen LogP contribution in [0.2, 0.25) is 0 Å². The van der Waals surface area contributed by atoms with Gasteiger partial charge in [0.15, 0.2) is 23.2 Å². The SMILES string of the molecule is Cc1ccc2c3c(cccc13)C(=O)C(NC(=O)C1(O)c3ccccc3-c3ccccc31)C2=O. The number of rotatable bonds is 2. The van der Waals surface area contributed by atoms with Crippen LogP contribution in [-0.4, -0.2) is 28.6 Å². The molecule has 0 bridgehead atoms. The summed E-state index contributed by atoms with van der Waals surface area (Å²) in [5.74, 6) is -1.74. The van der Waals surface area contributed by atoms with Gasteiger partial charge in [-0.15, -0.1) is 0 Å². The minimum Gasteiger partial charge on any atom is -0.372 e. The van der Waals surface area contributed by atoms with Crippen LogP contribution in [0, 0.1) is 6.92 Å². The summed E-state index contributed by atoms with van der Waals surface area (Å²) in [6, 6.07) is 21.7. The molecule has 5 heteroatoms. The summed E-state index contributed by atoms with van der Waals surface area (Å²) in [6.07, 6.45) is 0. The van der Waals surface area contributed by atoms with Crippen molar-refractivity contribution in [1.82, 2.24) is 5.32 Å². The van der Waals surface area contributed by atoms with Gasteiger partial charge >= 0.3 is 0 Å². The number of carbonyl (C=O) groups is 3. The molecule has 2 N–H and O–H groups in total. The number of hydrogen-bond donors (Lipinski definition) is 2. The van der Waals surface area contributed by atoms with Crippen LogP contribution >= 0.6 is 0 Å². The molecule has 0 saturated carbocycles. The van der Waals surface area contributed by atoms with Gasteiger partial charge in [0.1, 0.15) is 0 Å². The lowest BCUT2D eigenvalue weighted by molar-refractivity contribution is -0.136. The zero-order chi connectivity index (χ0) is 22.9. The molecule has 6 rings (SSSR count). The first-order valence-corrected chi connectivity index (χ1v) is 10.8. The van der Waals surface area contributed by atoms with Gasteiger partial charge in [-0.1, -0.05) is 78.9 Å². The van der Waals surface area contributed by atoms with Gasteiger partial charge in [0.25, 0.3) is 5.91 Å². The van der Waals surface area contributed by atoms with Gasteiger partial charge in [0, 0.05) is 27.6 Å². The van der Waals surface area contributed by atoms with Gasteiger partial charge in [-0.05, 0) is 29.0 Å². The summed E-state index contributed by atoms with van der Waals surface area (Å²) in [7, 11) is 0. The van der Waals surface area contributed by atoms with Crippen LogP contribution in [-0.2, 0) is 10.4 Å². The third-order valence-electron chi connectivity index (χ3n) is 6.84. The van der Waals surface area contributed by atoms with E-state index in [0.29, 0.717) is 27.6 Å². The molecule has 0 radical (unpaired) electrons. The number of carbonyl (C=O) groups excluding carboxylic acids is 3. The number of aliphatic hydroxyl groups is 1. The highest BCUT2D eigenvalue weighted by Crippen LogP contribution is 2.47. The molecule has 4 aromatic carbocycles. The van der Waals surface area contributed by atoms with Gasteiger partial charge in [0.2, 0.25) is 0 Å². The predicted molar refractivity (Wildman–Crippen MR) is 124 cm³/mol. The van der Waals surface area contributed by atoms with Gasteiger partial charge in [-0.25, -0.2) is 0 Å². The molecule has 160 valence electrons. The van der Waals surface area contributed by atoms with Gasteiger partial charge in [-0.3, -0.25) is 14.4 Å². The maximum atomic E-state index is 13.6. The van der Waals surface area contributed by atoms with E-state index in [1.165, 1.54) is 0 Å². The molecule has 1 amide bonds. The third kappa shape index (κ3) is 2.48. The molecule has 5 nitrogen and oxygen atoms in total. The minimum atomic E-state index is -2.01. The van der Waals surface area contributed by atoms with Crippen LogP contribution in [0.25, 0.3) is 21.9 Å². The van der Waals surface area contributed by atoms with E-state index in [9.17, 15) is 19.5 Å². The lowest BCUT2D eigenvalue weighted by Gasteiger charge is -2.29. The largest absolute Gasteiger partial charge is 0.372 e. The van der Waals surface area contributed by atoms with Crippen molar-refractivity contribution in [1.29, 1.82) is 0 Å². The van der Waals surface area contributed by atoms with E-state index in [1.807, 2.05) is 43.3 Å². The number of ketones is 2. The Morgan fingerprint density at radius 2 is 1.30 bits per heavy atom. The Balaban J connectivity index is 1.45. The maximum Gasteiger partial charge on any atom is 0.262 e. The smallest absolute Gasteiger partial charge is 0.262 e. The Labute approximate surface area is 189 Å². The van der Waals surface area contributed by atoms with E-state index in [2.05, 4.69) is 5.32 Å². The molecule has 4 aromatic rings. The topological polar surface area (TPSA) is 83.5 Å². The van der Waals surface area contributed by atoms with Crippen molar-refractivity contribution in [3.05, 3.63) is 107 Å². The average molecular weight is 433 g/mol. The number of nitrogens with one attached hydrogen (secondary N) is 1. The Bertz CT molecular complexity index is 1470. The molecule has 33 heavy (non-hydrogen) atoms. The van der Waals surface area contributed by atoms with Crippen molar-refractivity contribution in [2.24, 2.45) is 0 Å². The molecule has 0 heterocycles. The summed E-state index contributed by atoms with van der Waals surface area (Å²) >= 11 is 0. The number of benzene rings is 4. The molecular weight excluding hydrogens is 414 g/mol. The quantitative estimate of drug-likeness (QED) is 0.469. The third-order valence-corrected chi connectivity index (χ3v) is 6.84. The van der Waals surface area contributed by atoms with Gasteiger partial charge in [0.05, 0.1) is 0 Å². The molecule has 2 aliphatic rings. The normalized spacial score (nSPS) is 17.6. The van der Waals surface area contributed by atoms with Crippen LogP contribution in [0.1, 0.15) is 37.4 Å². The molecule has 0 aromatic heterocycles. The summed E-state index contributed by atoms with van der Waals surface area (Å²) in [4.78, 5) is 40.3. The second-order valence-corrected chi connectivity index (χ2v) is 8.59. The van der Waals surface area contributed by atoms with E-state index in [0.717, 1.165) is 22.1 Å². The Morgan fingerprint density at radius 1 is 0.758 bits per heavy atom. The molecule has 2 aliphatic carbocycles. The Kier molecular flexibility index (Phi) is 3.98.